The molecular formula is C13H15N3OS. The third kappa shape index (κ3) is 2.92. The van der Waals surface area contributed by atoms with Crippen LogP contribution in [0.2, 0.25) is 0 Å². The zero-order valence-corrected chi connectivity index (χ0v) is 11.4. The largest absolute Gasteiger partial charge is 0.300 e. The Bertz CT molecular complexity index is 546. The molecule has 0 aliphatic heterocycles. The van der Waals surface area contributed by atoms with Crippen molar-refractivity contribution in [3.05, 3.63) is 29.8 Å². The third-order valence-corrected chi connectivity index (χ3v) is 3.37. The van der Waals surface area contributed by atoms with Gasteiger partial charge >= 0.3 is 0 Å². The van der Waals surface area contributed by atoms with Crippen molar-refractivity contribution >= 4 is 22.4 Å². The lowest BCUT2D eigenvalue weighted by molar-refractivity contribution is -0.118. The van der Waals surface area contributed by atoms with E-state index < -0.39 is 0 Å². The molecular weight excluding hydrogens is 246 g/mol. The summed E-state index contributed by atoms with van der Waals surface area (Å²) in [6, 6.07) is 8.07. The molecule has 0 saturated carbocycles. The minimum absolute atomic E-state index is 0.0402. The molecule has 0 unspecified atom stereocenters. The molecule has 1 amide bonds. The van der Waals surface area contributed by atoms with Gasteiger partial charge in [0, 0.05) is 11.5 Å². The highest BCUT2D eigenvalue weighted by molar-refractivity contribution is 7.18. The van der Waals surface area contributed by atoms with E-state index in [-0.39, 0.29) is 11.8 Å². The highest BCUT2D eigenvalue weighted by atomic mass is 32.1. The fraction of sp³-hybridized carbons (Fsp3) is 0.308. The van der Waals surface area contributed by atoms with Crippen molar-refractivity contribution in [3.8, 4) is 10.6 Å². The molecule has 18 heavy (non-hydrogen) atoms. The molecule has 0 spiro atoms. The predicted octanol–water partition coefficient (Wildman–Crippen LogP) is 3.11. The summed E-state index contributed by atoms with van der Waals surface area (Å²) in [6.45, 7) is 5.73. The molecule has 2 rings (SSSR count). The maximum Gasteiger partial charge on any atom is 0.228 e. The number of rotatable bonds is 3. The fourth-order valence-electron chi connectivity index (χ4n) is 1.34. The first-order valence-corrected chi connectivity index (χ1v) is 6.59. The van der Waals surface area contributed by atoms with Crippen LogP contribution < -0.4 is 5.32 Å². The molecule has 1 N–H and O–H groups in total. The number of nitrogens with one attached hydrogen (secondary N) is 1. The van der Waals surface area contributed by atoms with Crippen molar-refractivity contribution in [2.75, 3.05) is 5.32 Å². The van der Waals surface area contributed by atoms with Crippen LogP contribution in [0.5, 0.6) is 0 Å². The van der Waals surface area contributed by atoms with E-state index in [4.69, 9.17) is 0 Å². The Balaban J connectivity index is 2.15. The van der Waals surface area contributed by atoms with Gasteiger partial charge in [-0.15, -0.1) is 10.2 Å². The number of carbonyl (C=O) groups excluding carboxylic acids is 1. The summed E-state index contributed by atoms with van der Waals surface area (Å²) in [6.07, 6.45) is 0. The van der Waals surface area contributed by atoms with Gasteiger partial charge in [0.05, 0.1) is 0 Å². The van der Waals surface area contributed by atoms with Gasteiger partial charge in [-0.05, 0) is 6.92 Å². The third-order valence-electron chi connectivity index (χ3n) is 2.48. The van der Waals surface area contributed by atoms with Crippen LogP contribution in [0, 0.1) is 12.8 Å². The van der Waals surface area contributed by atoms with Crippen LogP contribution in [0.3, 0.4) is 0 Å². The lowest BCUT2D eigenvalue weighted by Crippen LogP contribution is -2.17. The van der Waals surface area contributed by atoms with Gasteiger partial charge in [0.15, 0.2) is 0 Å². The zero-order valence-electron chi connectivity index (χ0n) is 10.6. The van der Waals surface area contributed by atoms with E-state index >= 15 is 0 Å². The monoisotopic (exact) mass is 261 g/mol. The standard InChI is InChI=1S/C13H15N3OS/c1-8(2)11(17)14-13-16-15-12(18-13)10-6-4-9(3)5-7-10/h4-8H,1-3H3,(H,14,16,17). The van der Waals surface area contributed by atoms with Crippen LogP contribution in [0.15, 0.2) is 24.3 Å². The van der Waals surface area contributed by atoms with Crippen molar-refractivity contribution in [2.45, 2.75) is 20.8 Å². The quantitative estimate of drug-likeness (QED) is 0.923. The van der Waals surface area contributed by atoms with E-state index in [0.29, 0.717) is 5.13 Å². The topological polar surface area (TPSA) is 54.9 Å². The summed E-state index contributed by atoms with van der Waals surface area (Å²) < 4.78 is 0. The molecule has 0 radical (unpaired) electrons. The van der Waals surface area contributed by atoms with Gasteiger partial charge in [0.1, 0.15) is 5.01 Å². The Labute approximate surface area is 110 Å². The van der Waals surface area contributed by atoms with Gasteiger partial charge in [-0.1, -0.05) is 55.0 Å². The molecule has 5 heteroatoms. The smallest absolute Gasteiger partial charge is 0.228 e. The lowest BCUT2D eigenvalue weighted by atomic mass is 10.2. The molecule has 0 aliphatic rings. The second kappa shape index (κ2) is 5.27. The highest BCUT2D eigenvalue weighted by Crippen LogP contribution is 2.26. The maximum atomic E-state index is 11.5. The van der Waals surface area contributed by atoms with Crippen LogP contribution >= 0.6 is 11.3 Å². The number of amides is 1. The van der Waals surface area contributed by atoms with E-state index in [1.54, 1.807) is 0 Å². The van der Waals surface area contributed by atoms with Crippen molar-refractivity contribution in [1.82, 2.24) is 10.2 Å². The first-order valence-electron chi connectivity index (χ1n) is 5.77. The van der Waals surface area contributed by atoms with Crippen LogP contribution in [0.1, 0.15) is 19.4 Å². The van der Waals surface area contributed by atoms with E-state index in [9.17, 15) is 4.79 Å². The molecule has 0 saturated heterocycles. The van der Waals surface area contributed by atoms with Crippen molar-refractivity contribution < 1.29 is 4.79 Å². The number of aromatic nitrogens is 2. The summed E-state index contributed by atoms with van der Waals surface area (Å²) in [5.74, 6) is -0.0988. The summed E-state index contributed by atoms with van der Waals surface area (Å²) >= 11 is 1.38. The van der Waals surface area contributed by atoms with Crippen LogP contribution in [-0.2, 0) is 4.79 Å². The van der Waals surface area contributed by atoms with Gasteiger partial charge < -0.3 is 5.32 Å². The van der Waals surface area contributed by atoms with Crippen LogP contribution in [0.4, 0.5) is 5.13 Å². The van der Waals surface area contributed by atoms with Gasteiger partial charge in [-0.25, -0.2) is 0 Å². The van der Waals surface area contributed by atoms with E-state index in [0.717, 1.165) is 10.6 Å². The molecule has 0 aliphatic carbocycles. The summed E-state index contributed by atoms with van der Waals surface area (Å²) in [5, 5.41) is 12.2. The normalized spacial score (nSPS) is 10.7. The predicted molar refractivity (Wildman–Crippen MR) is 73.5 cm³/mol. The Kier molecular flexibility index (Phi) is 3.72. The van der Waals surface area contributed by atoms with Gasteiger partial charge in [-0.3, -0.25) is 4.79 Å². The molecule has 94 valence electrons. The molecule has 0 fully saturated rings. The average Bonchev–Trinajstić information content (AvgIpc) is 2.78. The van der Waals surface area contributed by atoms with E-state index in [1.165, 1.54) is 16.9 Å². The van der Waals surface area contributed by atoms with Crippen molar-refractivity contribution in [1.29, 1.82) is 0 Å². The number of hydrogen-bond donors (Lipinski definition) is 1. The number of anilines is 1. The minimum Gasteiger partial charge on any atom is -0.300 e. The minimum atomic E-state index is -0.0586. The number of benzene rings is 1. The SMILES string of the molecule is Cc1ccc(-c2nnc(NC(=O)C(C)C)s2)cc1. The second-order valence-electron chi connectivity index (χ2n) is 4.42. The van der Waals surface area contributed by atoms with E-state index in [2.05, 4.69) is 15.5 Å². The molecule has 4 nitrogen and oxygen atoms in total. The molecule has 1 heterocycles. The maximum absolute atomic E-state index is 11.5. The fourth-order valence-corrected chi connectivity index (χ4v) is 2.09. The first-order chi connectivity index (χ1) is 8.56. The van der Waals surface area contributed by atoms with Crippen molar-refractivity contribution in [2.24, 2.45) is 5.92 Å². The lowest BCUT2D eigenvalue weighted by Gasteiger charge is -2.02. The van der Waals surface area contributed by atoms with Gasteiger partial charge in [0.2, 0.25) is 11.0 Å². The second-order valence-corrected chi connectivity index (χ2v) is 5.40. The Morgan fingerprint density at radius 1 is 1.22 bits per heavy atom. The van der Waals surface area contributed by atoms with Gasteiger partial charge in [0.25, 0.3) is 0 Å². The van der Waals surface area contributed by atoms with Crippen LogP contribution in [-0.4, -0.2) is 16.1 Å². The Morgan fingerprint density at radius 3 is 2.50 bits per heavy atom. The number of hydrogen-bond acceptors (Lipinski definition) is 4. The molecule has 2 aromatic rings. The van der Waals surface area contributed by atoms with Crippen molar-refractivity contribution in [3.63, 3.8) is 0 Å². The zero-order chi connectivity index (χ0) is 13.1. The molecule has 1 aromatic carbocycles. The average molecular weight is 261 g/mol. The number of carbonyl (C=O) groups is 1. The number of aryl methyl sites for hydroxylation is 1. The number of nitrogens with zero attached hydrogens (tertiary/aromatic N) is 2. The summed E-state index contributed by atoms with van der Waals surface area (Å²) in [5.41, 5.74) is 2.22. The molecule has 0 bridgehead atoms. The van der Waals surface area contributed by atoms with E-state index in [1.807, 2.05) is 45.0 Å². The molecule has 1 aromatic heterocycles. The van der Waals surface area contributed by atoms with Crippen LogP contribution in [0.25, 0.3) is 10.6 Å². The first kappa shape index (κ1) is 12.7. The summed E-state index contributed by atoms with van der Waals surface area (Å²) in [7, 11) is 0. The highest BCUT2D eigenvalue weighted by Gasteiger charge is 2.11. The Hall–Kier alpha value is -1.75. The Morgan fingerprint density at radius 2 is 1.89 bits per heavy atom. The summed E-state index contributed by atoms with van der Waals surface area (Å²) in [4.78, 5) is 11.5. The molecule has 0 atom stereocenters. The van der Waals surface area contributed by atoms with Gasteiger partial charge in [-0.2, -0.15) is 0 Å².